The highest BCUT2D eigenvalue weighted by atomic mass is 16.2. The van der Waals surface area contributed by atoms with E-state index < -0.39 is 0 Å². The number of carbonyl (C=O) groups is 1. The van der Waals surface area contributed by atoms with Crippen molar-refractivity contribution < 1.29 is 4.79 Å². The molecule has 1 unspecified atom stereocenters. The number of rotatable bonds is 4. The Balaban J connectivity index is 1.67. The molecule has 102 valence electrons. The smallest absolute Gasteiger partial charge is 0.226 e. The second-order valence-electron chi connectivity index (χ2n) is 6.63. The quantitative estimate of drug-likeness (QED) is 0.829. The van der Waals surface area contributed by atoms with Crippen LogP contribution in [0.4, 0.5) is 0 Å². The van der Waals surface area contributed by atoms with Gasteiger partial charge in [0.25, 0.3) is 0 Å². The SMILES string of the molecule is CC(C1CC1)N(C(=O)[C@H]1CCN[C@@H](C)C1)C1CC1. The molecule has 2 saturated carbocycles. The summed E-state index contributed by atoms with van der Waals surface area (Å²) in [5, 5.41) is 3.44. The van der Waals surface area contributed by atoms with Gasteiger partial charge in [-0.25, -0.2) is 0 Å². The van der Waals surface area contributed by atoms with Crippen molar-refractivity contribution >= 4 is 5.91 Å². The molecule has 3 fully saturated rings. The van der Waals surface area contributed by atoms with Crippen LogP contribution in [-0.2, 0) is 4.79 Å². The minimum atomic E-state index is 0.281. The molecule has 1 saturated heterocycles. The average molecular weight is 250 g/mol. The Labute approximate surface area is 110 Å². The van der Waals surface area contributed by atoms with Crippen LogP contribution in [0.25, 0.3) is 0 Å². The fraction of sp³-hybridized carbons (Fsp3) is 0.933. The van der Waals surface area contributed by atoms with Crippen molar-refractivity contribution in [3.63, 3.8) is 0 Å². The van der Waals surface area contributed by atoms with E-state index >= 15 is 0 Å². The second kappa shape index (κ2) is 4.84. The fourth-order valence-corrected chi connectivity index (χ4v) is 3.44. The Morgan fingerprint density at radius 1 is 1.22 bits per heavy atom. The third-order valence-electron chi connectivity index (χ3n) is 4.91. The highest BCUT2D eigenvalue weighted by molar-refractivity contribution is 5.80. The van der Waals surface area contributed by atoms with Crippen LogP contribution in [0.3, 0.4) is 0 Å². The van der Waals surface area contributed by atoms with E-state index in [1.807, 2.05) is 0 Å². The number of hydrogen-bond acceptors (Lipinski definition) is 2. The summed E-state index contributed by atoms with van der Waals surface area (Å²) in [7, 11) is 0. The molecule has 3 aliphatic rings. The molecule has 3 heteroatoms. The Bertz CT molecular complexity index is 322. The van der Waals surface area contributed by atoms with Crippen LogP contribution in [0, 0.1) is 11.8 Å². The van der Waals surface area contributed by atoms with Gasteiger partial charge in [0.2, 0.25) is 5.91 Å². The van der Waals surface area contributed by atoms with Gasteiger partial charge in [0.05, 0.1) is 0 Å². The van der Waals surface area contributed by atoms with Crippen LogP contribution < -0.4 is 5.32 Å². The van der Waals surface area contributed by atoms with Gasteiger partial charge in [-0.3, -0.25) is 4.79 Å². The zero-order valence-electron chi connectivity index (χ0n) is 11.7. The lowest BCUT2D eigenvalue weighted by molar-refractivity contribution is -0.140. The molecule has 3 rings (SSSR count). The summed E-state index contributed by atoms with van der Waals surface area (Å²) in [4.78, 5) is 15.1. The maximum absolute atomic E-state index is 12.8. The highest BCUT2D eigenvalue weighted by Gasteiger charge is 2.43. The largest absolute Gasteiger partial charge is 0.336 e. The minimum Gasteiger partial charge on any atom is -0.336 e. The Hall–Kier alpha value is -0.570. The molecule has 1 heterocycles. The Morgan fingerprint density at radius 2 is 1.94 bits per heavy atom. The third kappa shape index (κ3) is 2.56. The van der Waals surface area contributed by atoms with Gasteiger partial charge in [-0.1, -0.05) is 0 Å². The molecule has 0 radical (unpaired) electrons. The Morgan fingerprint density at radius 3 is 2.50 bits per heavy atom. The van der Waals surface area contributed by atoms with Gasteiger partial charge in [0.1, 0.15) is 0 Å². The molecule has 3 nitrogen and oxygen atoms in total. The van der Waals surface area contributed by atoms with Gasteiger partial charge >= 0.3 is 0 Å². The number of piperidine rings is 1. The van der Waals surface area contributed by atoms with Crippen LogP contribution in [0.1, 0.15) is 52.4 Å². The molecule has 0 aromatic carbocycles. The predicted molar refractivity (Wildman–Crippen MR) is 72.2 cm³/mol. The van der Waals surface area contributed by atoms with Crippen molar-refractivity contribution in [2.75, 3.05) is 6.54 Å². The molecule has 18 heavy (non-hydrogen) atoms. The van der Waals surface area contributed by atoms with E-state index in [0.717, 1.165) is 25.3 Å². The highest BCUT2D eigenvalue weighted by Crippen LogP contribution is 2.40. The first kappa shape index (κ1) is 12.5. The first-order valence-corrected chi connectivity index (χ1v) is 7.72. The standard InChI is InChI=1S/C15H26N2O/c1-10-9-13(7-8-16-10)15(18)17(14-5-6-14)11(2)12-3-4-12/h10-14,16H,3-9H2,1-2H3/t10-,11?,13-/m0/s1. The van der Waals surface area contributed by atoms with E-state index in [1.54, 1.807) is 0 Å². The van der Waals surface area contributed by atoms with E-state index in [1.165, 1.54) is 25.7 Å². The lowest BCUT2D eigenvalue weighted by atomic mass is 9.91. The maximum atomic E-state index is 12.8. The zero-order valence-corrected chi connectivity index (χ0v) is 11.7. The number of nitrogens with zero attached hydrogens (tertiary/aromatic N) is 1. The van der Waals surface area contributed by atoms with E-state index in [4.69, 9.17) is 0 Å². The zero-order chi connectivity index (χ0) is 12.7. The van der Waals surface area contributed by atoms with Gasteiger partial charge in [0, 0.05) is 24.0 Å². The molecule has 1 aliphatic heterocycles. The minimum absolute atomic E-state index is 0.281. The Kier molecular flexibility index (Phi) is 3.35. The lowest BCUT2D eigenvalue weighted by Crippen LogP contribution is -2.48. The average Bonchev–Trinajstić information content (AvgIpc) is 3.21. The summed E-state index contributed by atoms with van der Waals surface area (Å²) < 4.78 is 0. The third-order valence-corrected chi connectivity index (χ3v) is 4.91. The van der Waals surface area contributed by atoms with E-state index in [2.05, 4.69) is 24.1 Å². The summed E-state index contributed by atoms with van der Waals surface area (Å²) in [5.41, 5.74) is 0. The molecule has 3 atom stereocenters. The normalized spacial score (nSPS) is 34.1. The number of hydrogen-bond donors (Lipinski definition) is 1. The summed E-state index contributed by atoms with van der Waals surface area (Å²) in [6, 6.07) is 1.58. The van der Waals surface area contributed by atoms with E-state index in [-0.39, 0.29) is 5.92 Å². The van der Waals surface area contributed by atoms with Crippen molar-refractivity contribution in [1.29, 1.82) is 0 Å². The molecule has 1 N–H and O–H groups in total. The molecular formula is C15H26N2O. The van der Waals surface area contributed by atoms with Crippen molar-refractivity contribution in [2.24, 2.45) is 11.8 Å². The first-order valence-electron chi connectivity index (χ1n) is 7.72. The van der Waals surface area contributed by atoms with Gasteiger partial charge < -0.3 is 10.2 Å². The van der Waals surface area contributed by atoms with Crippen molar-refractivity contribution in [3.05, 3.63) is 0 Å². The number of carbonyl (C=O) groups excluding carboxylic acids is 1. The number of amides is 1. The van der Waals surface area contributed by atoms with Gasteiger partial charge in [-0.15, -0.1) is 0 Å². The summed E-state index contributed by atoms with van der Waals surface area (Å²) >= 11 is 0. The van der Waals surface area contributed by atoms with Gasteiger partial charge in [-0.05, 0) is 64.8 Å². The molecular weight excluding hydrogens is 224 g/mol. The molecule has 0 aromatic rings. The molecule has 1 amide bonds. The van der Waals surface area contributed by atoms with Crippen LogP contribution >= 0.6 is 0 Å². The molecule has 0 bridgehead atoms. The molecule has 0 aromatic heterocycles. The second-order valence-corrected chi connectivity index (χ2v) is 6.63. The van der Waals surface area contributed by atoms with Crippen molar-refractivity contribution in [1.82, 2.24) is 10.2 Å². The van der Waals surface area contributed by atoms with Crippen LogP contribution in [0.15, 0.2) is 0 Å². The summed E-state index contributed by atoms with van der Waals surface area (Å²) in [6.07, 6.45) is 7.20. The van der Waals surface area contributed by atoms with Crippen LogP contribution in [0.2, 0.25) is 0 Å². The predicted octanol–water partition coefficient (Wildman–Crippen LogP) is 2.16. The summed E-state index contributed by atoms with van der Waals surface area (Å²) in [6.45, 7) is 5.48. The number of nitrogens with one attached hydrogen (secondary N) is 1. The van der Waals surface area contributed by atoms with Crippen molar-refractivity contribution in [3.8, 4) is 0 Å². The van der Waals surface area contributed by atoms with Crippen LogP contribution in [-0.4, -0.2) is 35.5 Å². The van der Waals surface area contributed by atoms with Gasteiger partial charge in [-0.2, -0.15) is 0 Å². The van der Waals surface area contributed by atoms with Crippen molar-refractivity contribution in [2.45, 2.75) is 70.5 Å². The van der Waals surface area contributed by atoms with E-state index in [0.29, 0.717) is 24.0 Å². The maximum Gasteiger partial charge on any atom is 0.226 e. The van der Waals surface area contributed by atoms with Gasteiger partial charge in [0.15, 0.2) is 0 Å². The van der Waals surface area contributed by atoms with Crippen LogP contribution in [0.5, 0.6) is 0 Å². The topological polar surface area (TPSA) is 32.3 Å². The summed E-state index contributed by atoms with van der Waals surface area (Å²) in [5.74, 6) is 1.54. The molecule has 2 aliphatic carbocycles. The fourth-order valence-electron chi connectivity index (χ4n) is 3.44. The molecule has 0 spiro atoms. The first-order chi connectivity index (χ1) is 8.66. The lowest BCUT2D eigenvalue weighted by Gasteiger charge is -2.36. The monoisotopic (exact) mass is 250 g/mol. The van der Waals surface area contributed by atoms with E-state index in [9.17, 15) is 4.79 Å².